The van der Waals surface area contributed by atoms with Gasteiger partial charge in [0.15, 0.2) is 0 Å². The molecule has 9 nitrogen and oxygen atoms in total. The van der Waals surface area contributed by atoms with Crippen LogP contribution < -0.4 is 5.32 Å². The Hall–Kier alpha value is -0.910. The fraction of sp³-hybridized carbons (Fsp3) is 0.923. The summed E-state index contributed by atoms with van der Waals surface area (Å²) < 4.78 is 58.3. The summed E-state index contributed by atoms with van der Waals surface area (Å²) >= 11 is 0. The summed E-state index contributed by atoms with van der Waals surface area (Å²) in [6.07, 6.45) is 2.50. The summed E-state index contributed by atoms with van der Waals surface area (Å²) in [5.41, 5.74) is -0.685. The average Bonchev–Trinajstić information content (AvgIpc) is 2.30. The molecule has 0 unspecified atom stereocenters. The van der Waals surface area contributed by atoms with Crippen LogP contribution in [0, 0.1) is 0 Å². The number of alkyl carbamates (subject to hydrolysis) is 1. The third-order valence-corrected chi connectivity index (χ3v) is 3.61. The van der Waals surface area contributed by atoms with E-state index in [1.54, 1.807) is 20.8 Å². The monoisotopic (exact) mass is 389 g/mol. The van der Waals surface area contributed by atoms with Gasteiger partial charge in [-0.25, -0.2) is 4.79 Å². The lowest BCUT2D eigenvalue weighted by Gasteiger charge is -2.23. The molecule has 0 saturated carbocycles. The van der Waals surface area contributed by atoms with Gasteiger partial charge in [-0.3, -0.25) is 8.37 Å². The van der Waals surface area contributed by atoms with E-state index in [1.807, 2.05) is 0 Å². The van der Waals surface area contributed by atoms with Crippen LogP contribution >= 0.6 is 0 Å². The minimum atomic E-state index is -3.64. The lowest BCUT2D eigenvalue weighted by molar-refractivity contribution is 0.0484. The first kappa shape index (κ1) is 23.1. The average molecular weight is 389 g/mol. The van der Waals surface area contributed by atoms with E-state index in [-0.39, 0.29) is 13.2 Å². The summed E-state index contributed by atoms with van der Waals surface area (Å²) in [5, 5.41) is 2.54. The van der Waals surface area contributed by atoms with Crippen LogP contribution in [0.2, 0.25) is 0 Å². The molecule has 0 heterocycles. The van der Waals surface area contributed by atoms with Crippen LogP contribution in [0.5, 0.6) is 0 Å². The quantitative estimate of drug-likeness (QED) is 0.433. The van der Waals surface area contributed by atoms with Crippen molar-refractivity contribution in [2.24, 2.45) is 0 Å². The van der Waals surface area contributed by atoms with E-state index in [4.69, 9.17) is 8.92 Å². The minimum absolute atomic E-state index is 0.0188. The molecule has 0 saturated heterocycles. The fourth-order valence-corrected chi connectivity index (χ4v) is 2.41. The Balaban J connectivity index is 4.45. The van der Waals surface area contributed by atoms with E-state index in [0.717, 1.165) is 12.5 Å². The van der Waals surface area contributed by atoms with Gasteiger partial charge in [-0.2, -0.15) is 16.8 Å². The summed E-state index contributed by atoms with van der Waals surface area (Å²) in [7, 11) is -7.13. The maximum atomic E-state index is 11.8. The highest BCUT2D eigenvalue weighted by molar-refractivity contribution is 7.86. The van der Waals surface area contributed by atoms with Crippen molar-refractivity contribution in [1.82, 2.24) is 5.32 Å². The first-order valence-electron chi connectivity index (χ1n) is 7.36. The molecule has 0 aromatic heterocycles. The van der Waals surface area contributed by atoms with E-state index in [1.165, 1.54) is 0 Å². The molecule has 24 heavy (non-hydrogen) atoms. The van der Waals surface area contributed by atoms with Crippen LogP contribution in [0.15, 0.2) is 0 Å². The van der Waals surface area contributed by atoms with Crippen LogP contribution in [0.1, 0.15) is 40.0 Å². The highest BCUT2D eigenvalue weighted by Crippen LogP contribution is 2.09. The van der Waals surface area contributed by atoms with Gasteiger partial charge in [-0.15, -0.1) is 0 Å². The van der Waals surface area contributed by atoms with Crippen LogP contribution in [-0.4, -0.2) is 60.3 Å². The van der Waals surface area contributed by atoms with Crippen molar-refractivity contribution in [3.05, 3.63) is 0 Å². The van der Waals surface area contributed by atoms with Crippen molar-refractivity contribution in [2.75, 3.05) is 25.7 Å². The molecule has 0 bridgehead atoms. The van der Waals surface area contributed by atoms with Crippen LogP contribution in [0.4, 0.5) is 4.79 Å². The zero-order valence-electron chi connectivity index (χ0n) is 14.7. The zero-order valence-corrected chi connectivity index (χ0v) is 16.3. The number of carbonyl (C=O) groups excluding carboxylic acids is 1. The van der Waals surface area contributed by atoms with Gasteiger partial charge < -0.3 is 10.1 Å². The molecule has 0 aromatic rings. The Morgan fingerprint density at radius 2 is 1.54 bits per heavy atom. The van der Waals surface area contributed by atoms with Gasteiger partial charge >= 0.3 is 6.09 Å². The molecule has 11 heteroatoms. The lowest BCUT2D eigenvalue weighted by atomic mass is 10.1. The number of nitrogens with one attached hydrogen (secondary N) is 1. The fourth-order valence-electron chi connectivity index (χ4n) is 1.58. The highest BCUT2D eigenvalue weighted by atomic mass is 32.2. The van der Waals surface area contributed by atoms with Gasteiger partial charge in [-0.1, -0.05) is 0 Å². The van der Waals surface area contributed by atoms with Crippen LogP contribution in [-0.2, 0) is 33.3 Å². The predicted octanol–water partition coefficient (Wildman–Crippen LogP) is 1.00. The SMILES string of the molecule is CC(C)(C)OC(=O)N[C@@H](CCCCOS(C)(=O)=O)COS(C)(=O)=O. The van der Waals surface area contributed by atoms with Crippen molar-refractivity contribution in [1.29, 1.82) is 0 Å². The summed E-state index contributed by atoms with van der Waals surface area (Å²) in [6, 6.07) is -0.590. The molecule has 1 amide bonds. The number of amides is 1. The van der Waals surface area contributed by atoms with E-state index >= 15 is 0 Å². The zero-order chi connectivity index (χ0) is 19.0. The minimum Gasteiger partial charge on any atom is -0.444 e. The van der Waals surface area contributed by atoms with E-state index in [0.29, 0.717) is 19.3 Å². The molecular weight excluding hydrogens is 362 g/mol. The second-order valence-electron chi connectivity index (χ2n) is 6.35. The third-order valence-electron chi connectivity index (χ3n) is 2.45. The van der Waals surface area contributed by atoms with Gasteiger partial charge in [0, 0.05) is 0 Å². The molecule has 0 spiro atoms. The third kappa shape index (κ3) is 16.0. The molecular formula is C13H27NO8S2. The van der Waals surface area contributed by atoms with Crippen molar-refractivity contribution in [2.45, 2.75) is 51.7 Å². The number of ether oxygens (including phenoxy) is 1. The van der Waals surface area contributed by atoms with Crippen LogP contribution in [0.3, 0.4) is 0 Å². The Kier molecular flexibility index (Phi) is 9.18. The van der Waals surface area contributed by atoms with E-state index in [9.17, 15) is 21.6 Å². The molecule has 0 aromatic carbocycles. The molecule has 1 N–H and O–H groups in total. The Morgan fingerprint density at radius 3 is 2.00 bits per heavy atom. The summed E-state index contributed by atoms with van der Waals surface area (Å²) in [6.45, 7) is 4.90. The molecule has 0 aliphatic rings. The normalized spacial score (nSPS) is 14.2. The number of unbranched alkanes of at least 4 members (excludes halogenated alkanes) is 1. The van der Waals surface area contributed by atoms with Crippen molar-refractivity contribution in [3.8, 4) is 0 Å². The van der Waals surface area contributed by atoms with Crippen LogP contribution in [0.25, 0.3) is 0 Å². The smallest absolute Gasteiger partial charge is 0.407 e. The molecule has 1 atom stereocenters. The summed E-state index contributed by atoms with van der Waals surface area (Å²) in [5.74, 6) is 0. The largest absolute Gasteiger partial charge is 0.444 e. The van der Waals surface area contributed by atoms with E-state index < -0.39 is 38.0 Å². The van der Waals surface area contributed by atoms with Crippen molar-refractivity contribution < 1.29 is 34.7 Å². The maximum absolute atomic E-state index is 11.8. The number of hydrogen-bond donors (Lipinski definition) is 1. The van der Waals surface area contributed by atoms with Gasteiger partial charge in [0.25, 0.3) is 20.2 Å². The lowest BCUT2D eigenvalue weighted by Crippen LogP contribution is -2.41. The second kappa shape index (κ2) is 9.54. The highest BCUT2D eigenvalue weighted by Gasteiger charge is 2.20. The van der Waals surface area contributed by atoms with Crippen molar-refractivity contribution in [3.63, 3.8) is 0 Å². The summed E-state index contributed by atoms with van der Waals surface area (Å²) in [4.78, 5) is 11.8. The standard InChI is InChI=1S/C13H27NO8S2/c1-13(2,3)22-12(15)14-11(10-21-24(5,18)19)8-6-7-9-20-23(4,16)17/h11H,6-10H2,1-5H3,(H,14,15)/t11-/m0/s1. The molecule has 0 radical (unpaired) electrons. The van der Waals surface area contributed by atoms with Gasteiger partial charge in [0.05, 0.1) is 31.8 Å². The van der Waals surface area contributed by atoms with Gasteiger partial charge in [0.2, 0.25) is 0 Å². The van der Waals surface area contributed by atoms with E-state index in [2.05, 4.69) is 9.50 Å². The number of rotatable bonds is 10. The van der Waals surface area contributed by atoms with Crippen molar-refractivity contribution >= 4 is 26.3 Å². The predicted molar refractivity (Wildman–Crippen MR) is 88.6 cm³/mol. The number of hydrogen-bond acceptors (Lipinski definition) is 8. The second-order valence-corrected chi connectivity index (χ2v) is 9.64. The molecule has 144 valence electrons. The Morgan fingerprint density at radius 1 is 1.00 bits per heavy atom. The molecule has 0 fully saturated rings. The first-order chi connectivity index (χ1) is 10.7. The Bertz CT molecular complexity index is 592. The molecule has 0 aliphatic carbocycles. The molecule has 0 rings (SSSR count). The number of carbonyl (C=O) groups is 1. The first-order valence-corrected chi connectivity index (χ1v) is 11.0. The van der Waals surface area contributed by atoms with Gasteiger partial charge in [0.1, 0.15) is 5.60 Å². The molecule has 0 aliphatic heterocycles. The topological polar surface area (TPSA) is 125 Å². The van der Waals surface area contributed by atoms with Gasteiger partial charge in [-0.05, 0) is 40.0 Å². The maximum Gasteiger partial charge on any atom is 0.407 e. The Labute approximate surface area is 144 Å².